The standard InChI is InChI=1S/C26H28ClNO4S/c1-28-26(18-29,16-25(30)31)13-12-20-10-11-23(15-24(20)27)33-22-9-5-8-21(14-22)32-17-19-6-3-2-4-7-19/h2-11,14-15,28-29H,12-13,16-18H2,1H3,(H,30,31). The fourth-order valence-corrected chi connectivity index (χ4v) is 4.72. The number of hydrogen-bond acceptors (Lipinski definition) is 5. The van der Waals surface area contributed by atoms with Gasteiger partial charge in [0.15, 0.2) is 0 Å². The number of hydrogen-bond donors (Lipinski definition) is 3. The van der Waals surface area contributed by atoms with Crippen LogP contribution < -0.4 is 10.1 Å². The van der Waals surface area contributed by atoms with Gasteiger partial charge in [-0.2, -0.15) is 0 Å². The Morgan fingerprint density at radius 1 is 1.06 bits per heavy atom. The Labute approximate surface area is 203 Å². The third-order valence-electron chi connectivity index (χ3n) is 5.51. The number of rotatable bonds is 12. The molecule has 0 saturated carbocycles. The Kier molecular flexibility index (Phi) is 9.21. The van der Waals surface area contributed by atoms with Gasteiger partial charge in [0.25, 0.3) is 0 Å². The lowest BCUT2D eigenvalue weighted by atomic mass is 9.89. The number of carbonyl (C=O) groups is 1. The predicted octanol–water partition coefficient (Wildman–Crippen LogP) is 5.43. The van der Waals surface area contributed by atoms with Crippen molar-refractivity contribution >= 4 is 29.3 Å². The zero-order chi connectivity index (χ0) is 23.7. The van der Waals surface area contributed by atoms with Crippen molar-refractivity contribution in [1.29, 1.82) is 0 Å². The molecule has 0 radical (unpaired) electrons. The highest BCUT2D eigenvalue weighted by atomic mass is 35.5. The summed E-state index contributed by atoms with van der Waals surface area (Å²) in [6.07, 6.45) is 0.856. The molecule has 3 aromatic carbocycles. The van der Waals surface area contributed by atoms with Gasteiger partial charge in [-0.25, -0.2) is 0 Å². The van der Waals surface area contributed by atoms with Gasteiger partial charge in [0.2, 0.25) is 0 Å². The molecule has 1 unspecified atom stereocenters. The number of nitrogens with one attached hydrogen (secondary N) is 1. The molecule has 0 aliphatic carbocycles. The second-order valence-electron chi connectivity index (χ2n) is 7.86. The van der Waals surface area contributed by atoms with Crippen molar-refractivity contribution in [1.82, 2.24) is 5.32 Å². The molecule has 7 heteroatoms. The van der Waals surface area contributed by atoms with E-state index < -0.39 is 11.5 Å². The molecule has 0 fully saturated rings. The number of aliphatic carboxylic acids is 1. The van der Waals surface area contributed by atoms with Crippen molar-refractivity contribution < 1.29 is 19.7 Å². The minimum absolute atomic E-state index is 0.158. The molecule has 0 spiro atoms. The molecular formula is C26H28ClNO4S. The average molecular weight is 486 g/mol. The molecule has 3 N–H and O–H groups in total. The van der Waals surface area contributed by atoms with Crippen molar-refractivity contribution in [2.45, 2.75) is 41.2 Å². The van der Waals surface area contributed by atoms with Crippen LogP contribution in [0.15, 0.2) is 82.6 Å². The van der Waals surface area contributed by atoms with Gasteiger partial charge in [-0.05, 0) is 61.3 Å². The molecular weight excluding hydrogens is 458 g/mol. The molecule has 174 valence electrons. The molecule has 0 amide bonds. The van der Waals surface area contributed by atoms with Crippen LogP contribution in [-0.4, -0.2) is 35.4 Å². The summed E-state index contributed by atoms with van der Waals surface area (Å²) in [6.45, 7) is 0.253. The number of halogens is 1. The first-order valence-corrected chi connectivity index (χ1v) is 11.9. The topological polar surface area (TPSA) is 78.8 Å². The van der Waals surface area contributed by atoms with E-state index in [9.17, 15) is 9.90 Å². The van der Waals surface area contributed by atoms with Gasteiger partial charge >= 0.3 is 5.97 Å². The van der Waals surface area contributed by atoms with Crippen LogP contribution >= 0.6 is 23.4 Å². The van der Waals surface area contributed by atoms with Crippen molar-refractivity contribution in [3.63, 3.8) is 0 Å². The van der Waals surface area contributed by atoms with Crippen LogP contribution in [-0.2, 0) is 17.8 Å². The molecule has 0 bridgehead atoms. The monoisotopic (exact) mass is 485 g/mol. The Bertz CT molecular complexity index is 1060. The molecule has 5 nitrogen and oxygen atoms in total. The predicted molar refractivity (Wildman–Crippen MR) is 132 cm³/mol. The maximum atomic E-state index is 11.2. The van der Waals surface area contributed by atoms with Crippen molar-refractivity contribution in [2.75, 3.05) is 13.7 Å². The second kappa shape index (κ2) is 12.1. The molecule has 33 heavy (non-hydrogen) atoms. The van der Waals surface area contributed by atoms with E-state index >= 15 is 0 Å². The summed E-state index contributed by atoms with van der Waals surface area (Å²) in [5.41, 5.74) is 1.16. The van der Waals surface area contributed by atoms with E-state index in [0.717, 1.165) is 26.7 Å². The summed E-state index contributed by atoms with van der Waals surface area (Å²) in [5.74, 6) is -0.149. The van der Waals surface area contributed by atoms with E-state index in [0.29, 0.717) is 24.5 Å². The molecule has 0 heterocycles. The number of likely N-dealkylation sites (N-methyl/N-ethyl adjacent to an activating group) is 1. The first-order chi connectivity index (χ1) is 15.9. The number of carboxylic acids is 1. The Hall–Kier alpha value is -2.51. The van der Waals surface area contributed by atoms with E-state index in [1.54, 1.807) is 18.8 Å². The Morgan fingerprint density at radius 3 is 2.48 bits per heavy atom. The van der Waals surface area contributed by atoms with Crippen LogP contribution in [0.25, 0.3) is 0 Å². The fourth-order valence-electron chi connectivity index (χ4n) is 3.48. The number of ether oxygens (including phenoxy) is 1. The summed E-state index contributed by atoms with van der Waals surface area (Å²) in [7, 11) is 1.66. The number of aliphatic hydroxyl groups excluding tert-OH is 1. The summed E-state index contributed by atoms with van der Waals surface area (Å²) in [4.78, 5) is 13.2. The molecule has 0 aliphatic rings. The van der Waals surface area contributed by atoms with Gasteiger partial charge in [0.1, 0.15) is 12.4 Å². The van der Waals surface area contributed by atoms with E-state index in [4.69, 9.17) is 21.4 Å². The van der Waals surface area contributed by atoms with Crippen LogP contribution in [0.3, 0.4) is 0 Å². The molecule has 1 atom stereocenters. The molecule has 3 rings (SSSR count). The summed E-state index contributed by atoms with van der Waals surface area (Å²) < 4.78 is 5.92. The lowest BCUT2D eigenvalue weighted by Gasteiger charge is -2.30. The van der Waals surface area contributed by atoms with E-state index in [1.165, 1.54) is 0 Å². The lowest BCUT2D eigenvalue weighted by Crippen LogP contribution is -2.48. The molecule has 3 aromatic rings. The van der Waals surface area contributed by atoms with Crippen molar-refractivity contribution in [3.8, 4) is 5.75 Å². The largest absolute Gasteiger partial charge is 0.489 e. The average Bonchev–Trinajstić information content (AvgIpc) is 2.82. The summed E-state index contributed by atoms with van der Waals surface area (Å²) in [6, 6.07) is 23.8. The second-order valence-corrected chi connectivity index (χ2v) is 9.42. The maximum Gasteiger partial charge on any atom is 0.305 e. The lowest BCUT2D eigenvalue weighted by molar-refractivity contribution is -0.139. The summed E-state index contributed by atoms with van der Waals surface area (Å²) >= 11 is 8.12. The number of carboxylic acid groups (broad SMARTS) is 1. The van der Waals surface area contributed by atoms with Gasteiger partial charge in [-0.15, -0.1) is 0 Å². The first kappa shape index (κ1) is 25.1. The van der Waals surface area contributed by atoms with Crippen LogP contribution in [0.1, 0.15) is 24.0 Å². The van der Waals surface area contributed by atoms with Gasteiger partial charge < -0.3 is 20.3 Å². The molecule has 0 aliphatic heterocycles. The number of aliphatic hydroxyl groups is 1. The minimum Gasteiger partial charge on any atom is -0.489 e. The fraction of sp³-hybridized carbons (Fsp3) is 0.269. The zero-order valence-electron chi connectivity index (χ0n) is 18.5. The number of aryl methyl sites for hydroxylation is 1. The third-order valence-corrected chi connectivity index (χ3v) is 6.84. The zero-order valence-corrected chi connectivity index (χ0v) is 20.0. The Morgan fingerprint density at radius 2 is 1.82 bits per heavy atom. The van der Waals surface area contributed by atoms with Gasteiger partial charge in [0.05, 0.1) is 18.6 Å². The van der Waals surface area contributed by atoms with Crippen LogP contribution in [0, 0.1) is 0 Å². The van der Waals surface area contributed by atoms with Crippen LogP contribution in [0.2, 0.25) is 5.02 Å². The van der Waals surface area contributed by atoms with E-state index in [-0.39, 0.29) is 13.0 Å². The van der Waals surface area contributed by atoms with Crippen LogP contribution in [0.5, 0.6) is 5.75 Å². The minimum atomic E-state index is -0.953. The Balaban J connectivity index is 1.62. The van der Waals surface area contributed by atoms with Crippen molar-refractivity contribution in [3.05, 3.63) is 88.9 Å². The van der Waals surface area contributed by atoms with Gasteiger partial charge in [0, 0.05) is 14.8 Å². The van der Waals surface area contributed by atoms with E-state index in [1.807, 2.05) is 72.8 Å². The van der Waals surface area contributed by atoms with Gasteiger partial charge in [-0.3, -0.25) is 4.79 Å². The number of benzene rings is 3. The highest BCUT2D eigenvalue weighted by molar-refractivity contribution is 7.99. The maximum absolute atomic E-state index is 11.2. The quantitative estimate of drug-likeness (QED) is 0.317. The molecule has 0 aromatic heterocycles. The third kappa shape index (κ3) is 7.51. The van der Waals surface area contributed by atoms with E-state index in [2.05, 4.69) is 5.32 Å². The van der Waals surface area contributed by atoms with Crippen molar-refractivity contribution in [2.24, 2.45) is 0 Å². The highest BCUT2D eigenvalue weighted by Crippen LogP contribution is 2.33. The normalized spacial score (nSPS) is 12.8. The highest BCUT2D eigenvalue weighted by Gasteiger charge is 2.30. The SMILES string of the molecule is CNC(CO)(CCc1ccc(Sc2cccc(OCc3ccccc3)c2)cc1Cl)CC(=O)O. The van der Waals surface area contributed by atoms with Gasteiger partial charge in [-0.1, -0.05) is 65.8 Å². The smallest absolute Gasteiger partial charge is 0.305 e. The first-order valence-electron chi connectivity index (χ1n) is 10.7. The molecule has 0 saturated heterocycles. The van der Waals surface area contributed by atoms with Crippen LogP contribution in [0.4, 0.5) is 0 Å². The summed E-state index contributed by atoms with van der Waals surface area (Å²) in [5, 5.41) is 22.5.